The van der Waals surface area contributed by atoms with Gasteiger partial charge in [0, 0.05) is 30.9 Å². The summed E-state index contributed by atoms with van der Waals surface area (Å²) in [4.78, 5) is 21.8. The number of para-hydroxylation sites is 1. The van der Waals surface area contributed by atoms with E-state index in [1.165, 1.54) is 19.4 Å². The van der Waals surface area contributed by atoms with Crippen LogP contribution in [0, 0.1) is 0 Å². The molecule has 1 aromatic heterocycles. The van der Waals surface area contributed by atoms with Crippen LogP contribution in [0.2, 0.25) is 0 Å². The van der Waals surface area contributed by atoms with Crippen molar-refractivity contribution in [2.45, 2.75) is 37.8 Å². The fraction of sp³-hybridized carbons (Fsp3) is 0.381. The Bertz CT molecular complexity index is 1020. The Hall–Kier alpha value is -2.78. The number of ether oxygens (including phenoxy) is 2. The second-order valence-electron chi connectivity index (χ2n) is 7.23. The second-order valence-corrected chi connectivity index (χ2v) is 9.17. The average molecular weight is 432 g/mol. The number of benzene rings is 1. The first kappa shape index (κ1) is 21.9. The third kappa shape index (κ3) is 6.11. The van der Waals surface area contributed by atoms with E-state index in [4.69, 9.17) is 9.47 Å². The fourth-order valence-corrected chi connectivity index (χ4v) is 3.13. The minimum Gasteiger partial charge on any atom is -0.438 e. The zero-order valence-electron chi connectivity index (χ0n) is 17.1. The quantitative estimate of drug-likeness (QED) is 0.650. The zero-order valence-corrected chi connectivity index (χ0v) is 17.9. The van der Waals surface area contributed by atoms with Crippen molar-refractivity contribution in [2.24, 2.45) is 0 Å². The molecule has 30 heavy (non-hydrogen) atoms. The van der Waals surface area contributed by atoms with Crippen LogP contribution in [0.5, 0.6) is 11.6 Å². The van der Waals surface area contributed by atoms with Gasteiger partial charge in [-0.05, 0) is 38.0 Å². The number of rotatable bonds is 9. The number of nitrogens with one attached hydrogen (secondary N) is 1. The van der Waals surface area contributed by atoms with Crippen LogP contribution in [0.1, 0.15) is 41.9 Å². The largest absolute Gasteiger partial charge is 0.438 e. The Balaban J connectivity index is 1.88. The number of hydrogen-bond acceptors (Lipinski definition) is 7. The van der Waals surface area contributed by atoms with Gasteiger partial charge in [-0.3, -0.25) is 4.79 Å². The lowest BCUT2D eigenvalue weighted by Gasteiger charge is -2.21. The maximum atomic E-state index is 13.0. The van der Waals surface area contributed by atoms with Gasteiger partial charge < -0.3 is 14.8 Å². The molecule has 1 N–H and O–H groups in total. The van der Waals surface area contributed by atoms with Gasteiger partial charge in [-0.1, -0.05) is 18.2 Å². The minimum atomic E-state index is -3.36. The van der Waals surface area contributed by atoms with Crippen LogP contribution in [0.25, 0.3) is 0 Å². The van der Waals surface area contributed by atoms with Crippen molar-refractivity contribution >= 4 is 15.7 Å². The Morgan fingerprint density at radius 1 is 1.27 bits per heavy atom. The molecule has 1 fully saturated rings. The molecule has 1 heterocycles. The number of amides is 1. The molecule has 1 aliphatic rings. The molecule has 0 saturated heterocycles. The van der Waals surface area contributed by atoms with Crippen molar-refractivity contribution in [1.82, 2.24) is 15.3 Å². The zero-order chi connectivity index (χ0) is 21.7. The molecule has 1 aliphatic carbocycles. The molecule has 1 saturated carbocycles. The van der Waals surface area contributed by atoms with E-state index in [0.29, 0.717) is 17.5 Å². The van der Waals surface area contributed by atoms with E-state index in [1.807, 2.05) is 18.2 Å². The second kappa shape index (κ2) is 9.36. The molecule has 2 unspecified atom stereocenters. The molecule has 0 bridgehead atoms. The molecular formula is C21H25N3O5S. The minimum absolute atomic E-state index is 0.157. The van der Waals surface area contributed by atoms with Crippen LogP contribution in [-0.4, -0.2) is 49.8 Å². The van der Waals surface area contributed by atoms with Crippen molar-refractivity contribution in [1.29, 1.82) is 0 Å². The summed E-state index contributed by atoms with van der Waals surface area (Å²) in [7, 11) is -1.87. The first-order valence-corrected chi connectivity index (χ1v) is 11.5. The molecule has 0 radical (unpaired) electrons. The van der Waals surface area contributed by atoms with Gasteiger partial charge in [-0.2, -0.15) is 4.98 Å². The van der Waals surface area contributed by atoms with Crippen LogP contribution in [0.3, 0.4) is 0 Å². The molecule has 2 atom stereocenters. The summed E-state index contributed by atoms with van der Waals surface area (Å²) in [6.07, 6.45) is 5.48. The van der Waals surface area contributed by atoms with Crippen LogP contribution in [-0.2, 0) is 14.6 Å². The third-order valence-electron chi connectivity index (χ3n) is 4.63. The summed E-state index contributed by atoms with van der Waals surface area (Å²) >= 11 is 0. The first-order valence-electron chi connectivity index (χ1n) is 9.58. The molecule has 9 heteroatoms. The van der Waals surface area contributed by atoms with E-state index in [1.54, 1.807) is 19.1 Å². The molecule has 8 nitrogen and oxygen atoms in total. The van der Waals surface area contributed by atoms with Gasteiger partial charge in [0.05, 0.1) is 12.1 Å². The molecule has 3 rings (SSSR count). The lowest BCUT2D eigenvalue weighted by atomic mass is 10.1. The van der Waals surface area contributed by atoms with Crippen LogP contribution in [0.15, 0.2) is 48.0 Å². The highest BCUT2D eigenvalue weighted by Crippen LogP contribution is 2.39. The highest BCUT2D eigenvalue weighted by Gasteiger charge is 2.29. The summed E-state index contributed by atoms with van der Waals surface area (Å²) in [6, 6.07) is 8.37. The topological polar surface area (TPSA) is 107 Å². The molecule has 0 aliphatic heterocycles. The number of carbonyl (C=O) groups excluding carboxylic acids is 1. The number of sulfone groups is 1. The highest BCUT2D eigenvalue weighted by atomic mass is 32.2. The van der Waals surface area contributed by atoms with Crippen LogP contribution in [0.4, 0.5) is 0 Å². The van der Waals surface area contributed by atoms with Gasteiger partial charge in [-0.15, -0.1) is 0 Å². The predicted octanol–water partition coefficient (Wildman–Crippen LogP) is 2.84. The number of hydrogen-bond donors (Lipinski definition) is 1. The van der Waals surface area contributed by atoms with Crippen molar-refractivity contribution in [3.8, 4) is 11.6 Å². The van der Waals surface area contributed by atoms with E-state index >= 15 is 0 Å². The van der Waals surface area contributed by atoms with Crippen molar-refractivity contribution in [2.75, 3.05) is 13.4 Å². The van der Waals surface area contributed by atoms with Crippen LogP contribution < -0.4 is 10.1 Å². The molecule has 2 aromatic rings. The Morgan fingerprint density at radius 3 is 2.57 bits per heavy atom. The van der Waals surface area contributed by atoms with Crippen molar-refractivity contribution < 1.29 is 22.7 Å². The standard InChI is InChI=1S/C21H25N3O5S/c1-14(28-2)18(11-12-30(3,26)27)23-20(25)17-13-22-19(15-9-10-15)24-21(17)29-16-7-5-4-6-8-16/h4-8,11-15,18H,9-10H2,1-3H3,(H,23,25)/b12-11+. The normalized spacial score (nSPS) is 16.2. The summed E-state index contributed by atoms with van der Waals surface area (Å²) < 4.78 is 34.1. The lowest BCUT2D eigenvalue weighted by Crippen LogP contribution is -2.41. The van der Waals surface area contributed by atoms with Gasteiger partial charge in [0.25, 0.3) is 5.91 Å². The lowest BCUT2D eigenvalue weighted by molar-refractivity contribution is 0.0780. The maximum absolute atomic E-state index is 13.0. The van der Waals surface area contributed by atoms with E-state index in [0.717, 1.165) is 24.5 Å². The molecule has 160 valence electrons. The molecule has 0 spiro atoms. The van der Waals surface area contributed by atoms with E-state index < -0.39 is 27.9 Å². The highest BCUT2D eigenvalue weighted by molar-refractivity contribution is 7.93. The molecule has 1 aromatic carbocycles. The van der Waals surface area contributed by atoms with E-state index in [-0.39, 0.29) is 11.4 Å². The smallest absolute Gasteiger partial charge is 0.258 e. The summed E-state index contributed by atoms with van der Waals surface area (Å²) in [5.41, 5.74) is 0.157. The number of carbonyl (C=O) groups is 1. The number of methoxy groups -OCH3 is 1. The fourth-order valence-electron chi connectivity index (χ4n) is 2.68. The van der Waals surface area contributed by atoms with Crippen LogP contribution >= 0.6 is 0 Å². The summed E-state index contributed by atoms with van der Waals surface area (Å²) in [5.74, 6) is 1.16. The van der Waals surface area contributed by atoms with Gasteiger partial charge >= 0.3 is 0 Å². The van der Waals surface area contributed by atoms with Crippen molar-refractivity contribution in [3.63, 3.8) is 0 Å². The van der Waals surface area contributed by atoms with Gasteiger partial charge in [0.1, 0.15) is 17.1 Å². The monoisotopic (exact) mass is 431 g/mol. The molecular weight excluding hydrogens is 406 g/mol. The van der Waals surface area contributed by atoms with E-state index in [2.05, 4.69) is 15.3 Å². The Kier molecular flexibility index (Phi) is 6.84. The van der Waals surface area contributed by atoms with E-state index in [9.17, 15) is 13.2 Å². The first-order chi connectivity index (χ1) is 14.3. The third-order valence-corrected chi connectivity index (χ3v) is 5.28. The number of aromatic nitrogens is 2. The van der Waals surface area contributed by atoms with Gasteiger partial charge in [0.2, 0.25) is 5.88 Å². The average Bonchev–Trinajstić information content (AvgIpc) is 3.56. The maximum Gasteiger partial charge on any atom is 0.258 e. The SMILES string of the molecule is COC(C)C(/C=C/S(C)(=O)=O)NC(=O)c1cnc(C2CC2)nc1Oc1ccccc1. The Morgan fingerprint density at radius 2 is 1.97 bits per heavy atom. The predicted molar refractivity (Wildman–Crippen MR) is 112 cm³/mol. The van der Waals surface area contributed by atoms with Gasteiger partial charge in [-0.25, -0.2) is 13.4 Å². The summed E-state index contributed by atoms with van der Waals surface area (Å²) in [5, 5.41) is 3.82. The van der Waals surface area contributed by atoms with Gasteiger partial charge in [0.15, 0.2) is 9.84 Å². The molecule has 1 amide bonds. The Labute approximate surface area is 176 Å². The van der Waals surface area contributed by atoms with Crippen molar-refractivity contribution in [3.05, 3.63) is 59.4 Å². The number of nitrogens with zero attached hydrogens (tertiary/aromatic N) is 2. The summed E-state index contributed by atoms with van der Waals surface area (Å²) in [6.45, 7) is 1.73.